The molecule has 0 bridgehead atoms. The molecule has 4 nitrogen and oxygen atoms in total. The SMILES string of the molecule is Cn1cc(CS(=O)c2cc(F)ccc2N)cn1. The van der Waals surface area contributed by atoms with Gasteiger partial charge >= 0.3 is 0 Å². The minimum atomic E-state index is -1.36. The molecular weight excluding hydrogens is 241 g/mol. The number of hydrogen-bond donors (Lipinski definition) is 1. The predicted molar refractivity (Wildman–Crippen MR) is 64.1 cm³/mol. The van der Waals surface area contributed by atoms with Crippen molar-refractivity contribution in [2.45, 2.75) is 10.6 Å². The molecule has 0 saturated heterocycles. The number of nitrogens with zero attached hydrogens (tertiary/aromatic N) is 2. The van der Waals surface area contributed by atoms with E-state index >= 15 is 0 Å². The van der Waals surface area contributed by atoms with E-state index in [1.165, 1.54) is 18.2 Å². The summed E-state index contributed by atoms with van der Waals surface area (Å²) >= 11 is 0. The van der Waals surface area contributed by atoms with E-state index < -0.39 is 16.6 Å². The van der Waals surface area contributed by atoms with Gasteiger partial charge in [0, 0.05) is 24.5 Å². The number of halogens is 1. The Hall–Kier alpha value is -1.69. The summed E-state index contributed by atoms with van der Waals surface area (Å²) in [5.74, 6) is -0.157. The van der Waals surface area contributed by atoms with Gasteiger partial charge in [0.1, 0.15) is 5.82 Å². The van der Waals surface area contributed by atoms with Crippen LogP contribution in [0, 0.1) is 5.82 Å². The Bertz CT molecular complexity index is 568. The van der Waals surface area contributed by atoms with Gasteiger partial charge in [-0.1, -0.05) is 0 Å². The molecule has 1 aromatic heterocycles. The highest BCUT2D eigenvalue weighted by Crippen LogP contribution is 2.20. The van der Waals surface area contributed by atoms with Crippen molar-refractivity contribution in [3.63, 3.8) is 0 Å². The van der Waals surface area contributed by atoms with Crippen LogP contribution >= 0.6 is 0 Å². The molecule has 0 fully saturated rings. The number of benzene rings is 1. The first-order valence-corrected chi connectivity index (χ1v) is 6.29. The molecule has 0 aliphatic heterocycles. The molecule has 2 rings (SSSR count). The van der Waals surface area contributed by atoms with E-state index in [-0.39, 0.29) is 5.75 Å². The molecule has 0 spiro atoms. The van der Waals surface area contributed by atoms with Gasteiger partial charge in [0.15, 0.2) is 0 Å². The molecule has 17 heavy (non-hydrogen) atoms. The van der Waals surface area contributed by atoms with Crippen molar-refractivity contribution < 1.29 is 8.60 Å². The molecule has 1 unspecified atom stereocenters. The zero-order valence-corrected chi connectivity index (χ0v) is 10.1. The van der Waals surface area contributed by atoms with Gasteiger partial charge in [0.05, 0.1) is 27.6 Å². The van der Waals surface area contributed by atoms with Crippen LogP contribution < -0.4 is 5.73 Å². The van der Waals surface area contributed by atoms with Crippen molar-refractivity contribution in [2.24, 2.45) is 7.05 Å². The van der Waals surface area contributed by atoms with E-state index in [1.54, 1.807) is 24.1 Å². The van der Waals surface area contributed by atoms with Gasteiger partial charge in [-0.25, -0.2) is 4.39 Å². The van der Waals surface area contributed by atoms with Gasteiger partial charge in [0.2, 0.25) is 0 Å². The summed E-state index contributed by atoms with van der Waals surface area (Å²) in [6.45, 7) is 0. The van der Waals surface area contributed by atoms with Crippen LogP contribution in [0.4, 0.5) is 10.1 Å². The van der Waals surface area contributed by atoms with Gasteiger partial charge in [0.25, 0.3) is 0 Å². The average molecular weight is 253 g/mol. The average Bonchev–Trinajstić information content (AvgIpc) is 2.67. The number of aromatic nitrogens is 2. The summed E-state index contributed by atoms with van der Waals surface area (Å²) in [6, 6.07) is 3.88. The molecule has 90 valence electrons. The van der Waals surface area contributed by atoms with Crippen LogP contribution in [-0.4, -0.2) is 14.0 Å². The van der Waals surface area contributed by atoms with Crippen molar-refractivity contribution in [1.82, 2.24) is 9.78 Å². The Morgan fingerprint density at radius 2 is 2.29 bits per heavy atom. The highest BCUT2D eigenvalue weighted by atomic mass is 32.2. The number of nitrogen functional groups attached to an aromatic ring is 1. The first-order valence-electron chi connectivity index (χ1n) is 4.97. The molecule has 1 heterocycles. The maximum Gasteiger partial charge on any atom is 0.124 e. The number of rotatable bonds is 3. The summed E-state index contributed by atoms with van der Waals surface area (Å²) in [6.07, 6.45) is 3.40. The fraction of sp³-hybridized carbons (Fsp3) is 0.182. The summed E-state index contributed by atoms with van der Waals surface area (Å²) in [5.41, 5.74) is 6.84. The van der Waals surface area contributed by atoms with E-state index in [0.29, 0.717) is 10.6 Å². The zero-order chi connectivity index (χ0) is 12.4. The zero-order valence-electron chi connectivity index (χ0n) is 9.26. The number of hydrogen-bond acceptors (Lipinski definition) is 3. The van der Waals surface area contributed by atoms with Crippen LogP contribution in [0.1, 0.15) is 5.56 Å². The molecule has 0 saturated carbocycles. The number of aryl methyl sites for hydroxylation is 1. The lowest BCUT2D eigenvalue weighted by Gasteiger charge is -2.04. The minimum Gasteiger partial charge on any atom is -0.398 e. The molecule has 0 aliphatic rings. The summed E-state index contributed by atoms with van der Waals surface area (Å²) in [4.78, 5) is 0.328. The summed E-state index contributed by atoms with van der Waals surface area (Å²) in [5, 5.41) is 3.98. The first-order chi connectivity index (χ1) is 8.06. The Labute approximate surface area is 101 Å². The normalized spacial score (nSPS) is 12.6. The maximum atomic E-state index is 13.0. The second-order valence-electron chi connectivity index (χ2n) is 3.69. The first kappa shape index (κ1) is 11.8. The van der Waals surface area contributed by atoms with Gasteiger partial charge in [-0.3, -0.25) is 8.89 Å². The maximum absolute atomic E-state index is 13.0. The third-order valence-electron chi connectivity index (χ3n) is 2.28. The predicted octanol–water partition coefficient (Wildman–Crippen LogP) is 1.45. The second kappa shape index (κ2) is 4.67. The van der Waals surface area contributed by atoms with Crippen molar-refractivity contribution in [3.8, 4) is 0 Å². The molecule has 1 aromatic carbocycles. The molecule has 6 heteroatoms. The van der Waals surface area contributed by atoms with E-state index in [2.05, 4.69) is 5.10 Å². The number of anilines is 1. The van der Waals surface area contributed by atoms with Gasteiger partial charge < -0.3 is 5.73 Å². The lowest BCUT2D eigenvalue weighted by Crippen LogP contribution is -2.01. The van der Waals surface area contributed by atoms with Crippen LogP contribution in [-0.2, 0) is 23.6 Å². The van der Waals surface area contributed by atoms with E-state index in [9.17, 15) is 8.60 Å². The van der Waals surface area contributed by atoms with Crippen LogP contribution in [0.25, 0.3) is 0 Å². The topological polar surface area (TPSA) is 60.9 Å². The van der Waals surface area contributed by atoms with Gasteiger partial charge in [-0.05, 0) is 18.2 Å². The van der Waals surface area contributed by atoms with Crippen LogP contribution in [0.15, 0.2) is 35.5 Å². The molecule has 2 N–H and O–H groups in total. The molecule has 0 radical (unpaired) electrons. The molecule has 0 amide bonds. The van der Waals surface area contributed by atoms with Gasteiger partial charge in [-0.2, -0.15) is 5.10 Å². The van der Waals surface area contributed by atoms with Gasteiger partial charge in [-0.15, -0.1) is 0 Å². The second-order valence-corrected chi connectivity index (χ2v) is 5.11. The molecule has 1 atom stereocenters. The molecule has 2 aromatic rings. The van der Waals surface area contributed by atoms with Crippen molar-refractivity contribution in [3.05, 3.63) is 42.0 Å². The van der Waals surface area contributed by atoms with Crippen LogP contribution in [0.3, 0.4) is 0 Å². The van der Waals surface area contributed by atoms with Crippen molar-refractivity contribution >= 4 is 16.5 Å². The monoisotopic (exact) mass is 253 g/mol. The minimum absolute atomic E-state index is 0.279. The Morgan fingerprint density at radius 3 is 2.94 bits per heavy atom. The van der Waals surface area contributed by atoms with E-state index in [1.807, 2.05) is 0 Å². The third-order valence-corrected chi connectivity index (χ3v) is 3.72. The standard InChI is InChI=1S/C11H12FN3OS/c1-15-6-8(5-14-15)7-17(16)11-4-9(12)2-3-10(11)13/h2-6H,7,13H2,1H3. The third kappa shape index (κ3) is 2.71. The van der Waals surface area contributed by atoms with E-state index in [0.717, 1.165) is 5.56 Å². The van der Waals surface area contributed by atoms with Crippen LogP contribution in [0.2, 0.25) is 0 Å². The fourth-order valence-electron chi connectivity index (χ4n) is 1.48. The molecule has 0 aliphatic carbocycles. The Kier molecular flexibility index (Phi) is 3.23. The largest absolute Gasteiger partial charge is 0.398 e. The lowest BCUT2D eigenvalue weighted by atomic mass is 10.3. The Balaban J connectivity index is 2.22. The quantitative estimate of drug-likeness (QED) is 0.842. The van der Waals surface area contributed by atoms with Crippen molar-refractivity contribution in [2.75, 3.05) is 5.73 Å². The smallest absolute Gasteiger partial charge is 0.124 e. The lowest BCUT2D eigenvalue weighted by molar-refractivity contribution is 0.623. The highest BCUT2D eigenvalue weighted by molar-refractivity contribution is 7.84. The Morgan fingerprint density at radius 1 is 1.53 bits per heavy atom. The summed E-state index contributed by atoms with van der Waals surface area (Å²) in [7, 11) is 0.419. The molecular formula is C11H12FN3OS. The number of nitrogens with two attached hydrogens (primary N) is 1. The van der Waals surface area contributed by atoms with E-state index in [4.69, 9.17) is 5.73 Å². The fourth-order valence-corrected chi connectivity index (χ4v) is 2.66. The van der Waals surface area contributed by atoms with Crippen LogP contribution in [0.5, 0.6) is 0 Å². The van der Waals surface area contributed by atoms with Crippen molar-refractivity contribution in [1.29, 1.82) is 0 Å². The highest BCUT2D eigenvalue weighted by Gasteiger charge is 2.11. The summed E-state index contributed by atoms with van der Waals surface area (Å²) < 4.78 is 26.7.